The van der Waals surface area contributed by atoms with Gasteiger partial charge in [-0.25, -0.2) is 0 Å². The van der Waals surface area contributed by atoms with E-state index in [1.807, 2.05) is 38.1 Å². The highest BCUT2D eigenvalue weighted by Crippen LogP contribution is 2.16. The molecular formula is C14H19ClOSi. The maximum Gasteiger partial charge on any atom is 0.185 e. The lowest BCUT2D eigenvalue weighted by Crippen LogP contribution is -2.37. The predicted molar refractivity (Wildman–Crippen MR) is 76.8 cm³/mol. The van der Waals surface area contributed by atoms with Crippen LogP contribution >= 0.6 is 11.6 Å². The molecule has 0 aliphatic rings. The predicted octanol–water partition coefficient (Wildman–Crippen LogP) is 4.32. The maximum absolute atomic E-state index is 6.01. The van der Waals surface area contributed by atoms with Crippen molar-refractivity contribution in [3.05, 3.63) is 34.9 Å². The molecule has 1 aromatic rings. The summed E-state index contributed by atoms with van der Waals surface area (Å²) in [6, 6.07) is 7.52. The van der Waals surface area contributed by atoms with Crippen LogP contribution in [0.5, 0.6) is 0 Å². The molecule has 0 amide bonds. The fraction of sp³-hybridized carbons (Fsp3) is 0.429. The maximum atomic E-state index is 6.01. The molecule has 0 aliphatic heterocycles. The minimum absolute atomic E-state index is 0.399. The largest absolute Gasteiger partial charge is 0.402 e. The van der Waals surface area contributed by atoms with Gasteiger partial charge in [-0.05, 0) is 57.8 Å². The van der Waals surface area contributed by atoms with E-state index in [0.29, 0.717) is 0 Å². The van der Waals surface area contributed by atoms with Crippen molar-refractivity contribution in [1.82, 2.24) is 0 Å². The minimum Gasteiger partial charge on any atom is -0.402 e. The summed E-state index contributed by atoms with van der Waals surface area (Å²) in [5.41, 5.74) is 0.561. The Morgan fingerprint density at radius 2 is 1.65 bits per heavy atom. The monoisotopic (exact) mass is 266 g/mol. The lowest BCUT2D eigenvalue weighted by atomic mass is 10.1. The quantitative estimate of drug-likeness (QED) is 0.572. The van der Waals surface area contributed by atoms with Gasteiger partial charge in [-0.3, -0.25) is 0 Å². The first kappa shape index (κ1) is 14.3. The zero-order chi connectivity index (χ0) is 13.1. The van der Waals surface area contributed by atoms with Gasteiger partial charge >= 0.3 is 0 Å². The number of halogens is 1. The van der Waals surface area contributed by atoms with Gasteiger partial charge in [0, 0.05) is 10.6 Å². The Bertz CT molecular complexity index is 432. The average molecular weight is 267 g/mol. The van der Waals surface area contributed by atoms with Gasteiger partial charge in [0.05, 0.1) is 0 Å². The first-order valence-electron chi connectivity index (χ1n) is 5.67. The molecule has 0 aliphatic carbocycles. The molecule has 0 aromatic heterocycles. The Labute approximate surface area is 110 Å². The Morgan fingerprint density at radius 3 is 2.12 bits per heavy atom. The van der Waals surface area contributed by atoms with Gasteiger partial charge in [-0.2, -0.15) is 0 Å². The van der Waals surface area contributed by atoms with Crippen molar-refractivity contribution in [3.63, 3.8) is 0 Å². The first-order valence-corrected chi connectivity index (χ1v) is 9.45. The number of hydrogen-bond donors (Lipinski definition) is 0. The molecule has 0 bridgehead atoms. The number of hydrogen-bond acceptors (Lipinski definition) is 1. The summed E-state index contributed by atoms with van der Waals surface area (Å²) in [4.78, 5) is 0. The van der Waals surface area contributed by atoms with E-state index < -0.39 is 13.9 Å². The van der Waals surface area contributed by atoms with E-state index in [9.17, 15) is 0 Å². The van der Waals surface area contributed by atoms with Crippen molar-refractivity contribution in [2.24, 2.45) is 0 Å². The summed E-state index contributed by atoms with van der Waals surface area (Å²) in [7, 11) is -1.56. The summed E-state index contributed by atoms with van der Waals surface area (Å²) in [6.45, 7) is 10.5. The second-order valence-electron chi connectivity index (χ2n) is 5.48. The molecular weight excluding hydrogens is 248 g/mol. The molecule has 0 unspecified atom stereocenters. The Balaban J connectivity index is 2.80. The Kier molecular flexibility index (Phi) is 4.43. The van der Waals surface area contributed by atoms with E-state index in [1.165, 1.54) is 0 Å². The molecule has 0 N–H and O–H groups in total. The van der Waals surface area contributed by atoms with Crippen molar-refractivity contribution in [3.8, 4) is 11.8 Å². The van der Waals surface area contributed by atoms with Crippen LogP contribution in [-0.2, 0) is 4.43 Å². The highest BCUT2D eigenvalue weighted by atomic mass is 35.5. The molecule has 0 atom stereocenters. The van der Waals surface area contributed by atoms with Crippen LogP contribution < -0.4 is 0 Å². The standard InChI is InChI=1S/C14H19ClOSi/c1-14(2,16-17(3,4)5)11-10-12-6-8-13(15)9-7-12/h6-9H,1-5H3. The van der Waals surface area contributed by atoms with Crippen LogP contribution in [0.15, 0.2) is 24.3 Å². The molecule has 0 heterocycles. The molecule has 0 saturated carbocycles. The van der Waals surface area contributed by atoms with Gasteiger partial charge in [-0.15, -0.1) is 0 Å². The van der Waals surface area contributed by atoms with Crippen LogP contribution in [0.4, 0.5) is 0 Å². The Morgan fingerprint density at radius 1 is 1.12 bits per heavy atom. The molecule has 0 fully saturated rings. The van der Waals surface area contributed by atoms with E-state index >= 15 is 0 Å². The lowest BCUT2D eigenvalue weighted by molar-refractivity contribution is 0.164. The van der Waals surface area contributed by atoms with Crippen molar-refractivity contribution in [1.29, 1.82) is 0 Å². The fourth-order valence-electron chi connectivity index (χ4n) is 1.55. The third kappa shape index (κ3) is 5.93. The van der Waals surface area contributed by atoms with Crippen LogP contribution in [0.2, 0.25) is 24.7 Å². The van der Waals surface area contributed by atoms with Gasteiger partial charge in [0.25, 0.3) is 0 Å². The van der Waals surface area contributed by atoms with E-state index in [1.54, 1.807) is 0 Å². The van der Waals surface area contributed by atoms with Gasteiger partial charge in [0.1, 0.15) is 5.60 Å². The topological polar surface area (TPSA) is 9.23 Å². The highest BCUT2D eigenvalue weighted by Gasteiger charge is 2.25. The van der Waals surface area contributed by atoms with Crippen molar-refractivity contribution >= 4 is 19.9 Å². The van der Waals surface area contributed by atoms with Crippen LogP contribution in [-0.4, -0.2) is 13.9 Å². The van der Waals surface area contributed by atoms with Crippen molar-refractivity contribution in [2.75, 3.05) is 0 Å². The Hall–Kier alpha value is -0.753. The van der Waals surface area contributed by atoms with Gasteiger partial charge < -0.3 is 4.43 Å². The smallest absolute Gasteiger partial charge is 0.185 e. The fourth-order valence-corrected chi connectivity index (χ4v) is 3.25. The summed E-state index contributed by atoms with van der Waals surface area (Å²) in [6.07, 6.45) is 0. The lowest BCUT2D eigenvalue weighted by Gasteiger charge is -2.28. The molecule has 3 heteroatoms. The minimum atomic E-state index is -1.56. The van der Waals surface area contributed by atoms with E-state index in [4.69, 9.17) is 16.0 Å². The number of rotatable bonds is 2. The molecule has 17 heavy (non-hydrogen) atoms. The second kappa shape index (κ2) is 5.26. The van der Waals surface area contributed by atoms with Crippen LogP contribution in [0.1, 0.15) is 19.4 Å². The van der Waals surface area contributed by atoms with E-state index in [0.717, 1.165) is 10.6 Å². The van der Waals surface area contributed by atoms with Crippen molar-refractivity contribution < 1.29 is 4.43 Å². The molecule has 1 nitrogen and oxygen atoms in total. The van der Waals surface area contributed by atoms with Gasteiger partial charge in [0.15, 0.2) is 8.32 Å². The molecule has 0 saturated heterocycles. The molecule has 0 spiro atoms. The molecule has 1 aromatic carbocycles. The summed E-state index contributed by atoms with van der Waals surface area (Å²) < 4.78 is 6.01. The summed E-state index contributed by atoms with van der Waals surface area (Å²) in [5, 5.41) is 0.730. The summed E-state index contributed by atoms with van der Waals surface area (Å²) in [5.74, 6) is 6.29. The van der Waals surface area contributed by atoms with Crippen LogP contribution in [0.3, 0.4) is 0 Å². The van der Waals surface area contributed by atoms with Crippen LogP contribution in [0, 0.1) is 11.8 Å². The zero-order valence-electron chi connectivity index (χ0n) is 11.1. The third-order valence-electron chi connectivity index (χ3n) is 1.91. The van der Waals surface area contributed by atoms with Crippen molar-refractivity contribution in [2.45, 2.75) is 39.1 Å². The van der Waals surface area contributed by atoms with Gasteiger partial charge in [0.2, 0.25) is 0 Å². The average Bonchev–Trinajstić information content (AvgIpc) is 2.13. The molecule has 1 rings (SSSR count). The second-order valence-corrected chi connectivity index (χ2v) is 10.3. The van der Waals surface area contributed by atoms with E-state index in [-0.39, 0.29) is 0 Å². The summed E-state index contributed by atoms with van der Waals surface area (Å²) >= 11 is 5.82. The normalized spacial score (nSPS) is 11.9. The molecule has 92 valence electrons. The third-order valence-corrected chi connectivity index (χ3v) is 3.29. The van der Waals surface area contributed by atoms with Gasteiger partial charge in [-0.1, -0.05) is 23.4 Å². The SMILES string of the molecule is CC(C)(C#Cc1ccc(Cl)cc1)O[Si](C)(C)C. The van der Waals surface area contributed by atoms with E-state index in [2.05, 4.69) is 31.5 Å². The highest BCUT2D eigenvalue weighted by molar-refractivity contribution is 6.69. The molecule has 0 radical (unpaired) electrons. The first-order chi connectivity index (χ1) is 7.68. The number of benzene rings is 1. The van der Waals surface area contributed by atoms with Crippen LogP contribution in [0.25, 0.3) is 0 Å². The zero-order valence-corrected chi connectivity index (χ0v) is 12.9.